The van der Waals surface area contributed by atoms with Crippen molar-refractivity contribution >= 4 is 21.6 Å². The lowest BCUT2D eigenvalue weighted by Gasteiger charge is -2.16. The molecule has 0 fully saturated rings. The van der Waals surface area contributed by atoms with E-state index < -0.39 is 27.7 Å². The second kappa shape index (κ2) is 6.63. The molecule has 7 heteroatoms. The maximum atomic E-state index is 13.1. The molecule has 0 amide bonds. The average Bonchev–Trinajstić information content (AvgIpc) is 2.31. The molecular formula is C12H16ClF2NO2S. The minimum absolute atomic E-state index is 0.107. The van der Waals surface area contributed by atoms with E-state index in [-0.39, 0.29) is 17.6 Å². The molecule has 0 saturated carbocycles. The van der Waals surface area contributed by atoms with Gasteiger partial charge < -0.3 is 0 Å². The van der Waals surface area contributed by atoms with Crippen molar-refractivity contribution in [1.82, 2.24) is 4.72 Å². The molecule has 0 saturated heterocycles. The molecule has 0 radical (unpaired) electrons. The van der Waals surface area contributed by atoms with Crippen molar-refractivity contribution in [2.24, 2.45) is 5.92 Å². The van der Waals surface area contributed by atoms with Crippen LogP contribution < -0.4 is 4.72 Å². The van der Waals surface area contributed by atoms with E-state index in [9.17, 15) is 17.2 Å². The van der Waals surface area contributed by atoms with Crippen LogP contribution in [0.1, 0.15) is 25.5 Å². The molecule has 0 spiro atoms. The fourth-order valence-corrected chi connectivity index (χ4v) is 3.46. The molecule has 2 atom stereocenters. The van der Waals surface area contributed by atoms with Crippen LogP contribution >= 0.6 is 11.6 Å². The molecule has 3 nitrogen and oxygen atoms in total. The van der Waals surface area contributed by atoms with Crippen LogP contribution in [-0.2, 0) is 10.0 Å². The smallest absolute Gasteiger partial charge is 0.212 e. The van der Waals surface area contributed by atoms with Gasteiger partial charge in [-0.2, -0.15) is 0 Å². The van der Waals surface area contributed by atoms with Crippen LogP contribution in [0.25, 0.3) is 0 Å². The molecule has 19 heavy (non-hydrogen) atoms. The van der Waals surface area contributed by atoms with Gasteiger partial charge in [-0.1, -0.05) is 13.0 Å². The van der Waals surface area contributed by atoms with E-state index in [4.69, 9.17) is 11.6 Å². The van der Waals surface area contributed by atoms with Crippen LogP contribution in [0.4, 0.5) is 8.78 Å². The van der Waals surface area contributed by atoms with E-state index in [2.05, 4.69) is 4.72 Å². The van der Waals surface area contributed by atoms with E-state index in [0.717, 1.165) is 12.1 Å². The van der Waals surface area contributed by atoms with Crippen molar-refractivity contribution < 1.29 is 17.2 Å². The van der Waals surface area contributed by atoms with Gasteiger partial charge in [0.15, 0.2) is 11.6 Å². The van der Waals surface area contributed by atoms with E-state index in [0.29, 0.717) is 5.56 Å². The van der Waals surface area contributed by atoms with Gasteiger partial charge in [-0.3, -0.25) is 0 Å². The third kappa shape index (κ3) is 5.04. The Morgan fingerprint density at radius 3 is 2.42 bits per heavy atom. The van der Waals surface area contributed by atoms with Gasteiger partial charge in [0.05, 0.1) is 5.75 Å². The number of sulfonamides is 1. The highest BCUT2D eigenvalue weighted by atomic mass is 35.5. The molecule has 0 aliphatic rings. The van der Waals surface area contributed by atoms with E-state index in [1.54, 1.807) is 13.8 Å². The summed E-state index contributed by atoms with van der Waals surface area (Å²) in [5.74, 6) is -2.02. The van der Waals surface area contributed by atoms with E-state index in [1.165, 1.54) is 6.07 Å². The molecule has 0 aromatic heterocycles. The zero-order chi connectivity index (χ0) is 14.6. The first-order chi connectivity index (χ1) is 8.75. The molecule has 2 unspecified atom stereocenters. The molecule has 0 bridgehead atoms. The molecule has 108 valence electrons. The van der Waals surface area contributed by atoms with Gasteiger partial charge in [0.2, 0.25) is 10.0 Å². The Bertz CT molecular complexity index is 537. The highest BCUT2D eigenvalue weighted by molar-refractivity contribution is 7.89. The first kappa shape index (κ1) is 16.3. The van der Waals surface area contributed by atoms with Gasteiger partial charge in [0, 0.05) is 11.9 Å². The summed E-state index contributed by atoms with van der Waals surface area (Å²) in [5, 5.41) is 0. The first-order valence-corrected chi connectivity index (χ1v) is 7.94. The summed E-state index contributed by atoms with van der Waals surface area (Å²) in [6, 6.07) is 2.66. The highest BCUT2D eigenvalue weighted by Gasteiger charge is 2.19. The fourth-order valence-electron chi connectivity index (χ4n) is 1.59. The Hall–Kier alpha value is -0.720. The maximum absolute atomic E-state index is 13.1. The van der Waals surface area contributed by atoms with Gasteiger partial charge in [-0.05, 0) is 30.5 Å². The molecule has 1 aromatic rings. The van der Waals surface area contributed by atoms with Crippen LogP contribution in [0, 0.1) is 17.6 Å². The minimum atomic E-state index is -3.51. The van der Waals surface area contributed by atoms with Crippen molar-refractivity contribution in [3.05, 3.63) is 35.4 Å². The Morgan fingerprint density at radius 2 is 1.89 bits per heavy atom. The predicted molar refractivity (Wildman–Crippen MR) is 71.6 cm³/mol. The zero-order valence-electron chi connectivity index (χ0n) is 10.7. The molecular weight excluding hydrogens is 296 g/mol. The van der Waals surface area contributed by atoms with Crippen LogP contribution in [0.15, 0.2) is 18.2 Å². The standard InChI is InChI=1S/C12H16ClF2NO2S/c1-8(6-13)7-19(17,18)16-9(2)10-3-4-11(14)12(15)5-10/h3-5,8-9,16H,6-7H2,1-2H3. The van der Waals surface area contributed by atoms with Crippen molar-refractivity contribution in [1.29, 1.82) is 0 Å². The van der Waals surface area contributed by atoms with Gasteiger partial charge in [0.25, 0.3) is 0 Å². The summed E-state index contributed by atoms with van der Waals surface area (Å²) in [6.07, 6.45) is 0. The number of hydrogen-bond acceptors (Lipinski definition) is 2. The minimum Gasteiger partial charge on any atom is -0.212 e. The first-order valence-electron chi connectivity index (χ1n) is 5.76. The van der Waals surface area contributed by atoms with Crippen LogP contribution in [0.5, 0.6) is 0 Å². The van der Waals surface area contributed by atoms with Crippen LogP contribution in [0.2, 0.25) is 0 Å². The van der Waals surface area contributed by atoms with E-state index >= 15 is 0 Å². The quantitative estimate of drug-likeness (QED) is 0.821. The second-order valence-electron chi connectivity index (χ2n) is 4.55. The van der Waals surface area contributed by atoms with Crippen molar-refractivity contribution in [2.75, 3.05) is 11.6 Å². The number of rotatable bonds is 6. The van der Waals surface area contributed by atoms with E-state index in [1.807, 2.05) is 0 Å². The lowest BCUT2D eigenvalue weighted by molar-refractivity contribution is 0.504. The second-order valence-corrected chi connectivity index (χ2v) is 6.66. The van der Waals surface area contributed by atoms with Gasteiger partial charge >= 0.3 is 0 Å². The lowest BCUT2D eigenvalue weighted by atomic mass is 10.1. The number of hydrogen-bond donors (Lipinski definition) is 1. The van der Waals surface area contributed by atoms with Gasteiger partial charge in [0.1, 0.15) is 0 Å². The molecule has 0 aliphatic heterocycles. The van der Waals surface area contributed by atoms with Crippen molar-refractivity contribution in [3.63, 3.8) is 0 Å². The van der Waals surface area contributed by atoms with Crippen LogP contribution in [-0.4, -0.2) is 20.1 Å². The topological polar surface area (TPSA) is 46.2 Å². The Labute approximate surface area is 117 Å². The average molecular weight is 312 g/mol. The zero-order valence-corrected chi connectivity index (χ0v) is 12.2. The molecule has 1 rings (SSSR count). The largest absolute Gasteiger partial charge is 0.212 e. The number of benzene rings is 1. The summed E-state index contributed by atoms with van der Waals surface area (Å²) in [4.78, 5) is 0. The summed E-state index contributed by atoms with van der Waals surface area (Å²) in [6.45, 7) is 3.28. The molecule has 1 N–H and O–H groups in total. The van der Waals surface area contributed by atoms with Gasteiger partial charge in [-0.15, -0.1) is 11.6 Å². The third-order valence-corrected chi connectivity index (χ3v) is 4.81. The maximum Gasteiger partial charge on any atom is 0.212 e. The summed E-state index contributed by atoms with van der Waals surface area (Å²) in [5.41, 5.74) is 0.362. The van der Waals surface area contributed by atoms with Gasteiger partial charge in [-0.25, -0.2) is 21.9 Å². The number of halogens is 3. The van der Waals surface area contributed by atoms with Crippen LogP contribution in [0.3, 0.4) is 0 Å². The Balaban J connectivity index is 2.78. The Kier molecular flexibility index (Phi) is 5.70. The molecule has 1 aromatic carbocycles. The fraction of sp³-hybridized carbons (Fsp3) is 0.500. The monoisotopic (exact) mass is 311 g/mol. The third-order valence-electron chi connectivity index (χ3n) is 2.57. The summed E-state index contributed by atoms with van der Waals surface area (Å²) < 4.78 is 51.9. The normalized spacial score (nSPS) is 15.2. The van der Waals surface area contributed by atoms with Crippen molar-refractivity contribution in [3.8, 4) is 0 Å². The SMILES string of the molecule is CC(CCl)CS(=O)(=O)NC(C)c1ccc(F)c(F)c1. The number of alkyl halides is 1. The lowest BCUT2D eigenvalue weighted by Crippen LogP contribution is -2.31. The number of nitrogens with one attached hydrogen (secondary N) is 1. The highest BCUT2D eigenvalue weighted by Crippen LogP contribution is 2.17. The summed E-state index contributed by atoms with van der Waals surface area (Å²) >= 11 is 5.57. The molecule has 0 aliphatic carbocycles. The Morgan fingerprint density at radius 1 is 1.26 bits per heavy atom. The molecule has 0 heterocycles. The predicted octanol–water partition coefficient (Wildman–Crippen LogP) is 2.82. The summed E-state index contributed by atoms with van der Waals surface area (Å²) in [7, 11) is -3.51. The van der Waals surface area contributed by atoms with Crippen molar-refractivity contribution in [2.45, 2.75) is 19.9 Å².